The highest BCUT2D eigenvalue weighted by atomic mass is 32.2. The molecule has 0 aromatic heterocycles. The van der Waals surface area contributed by atoms with Crippen LogP contribution in [0, 0.1) is 0 Å². The predicted molar refractivity (Wildman–Crippen MR) is 90.4 cm³/mol. The van der Waals surface area contributed by atoms with Crippen LogP contribution >= 0.6 is 11.8 Å². The Morgan fingerprint density at radius 2 is 1.95 bits per heavy atom. The highest BCUT2D eigenvalue weighted by Crippen LogP contribution is 2.29. The number of hydrogen-bond acceptors (Lipinski definition) is 3. The lowest BCUT2D eigenvalue weighted by Gasteiger charge is -2.26. The number of nitrogens with two attached hydrogens (primary N) is 1. The number of carbonyl (C=O) groups is 1. The maximum atomic E-state index is 12.5. The van der Waals surface area contributed by atoms with Crippen molar-refractivity contribution in [2.45, 2.75) is 51.2 Å². The van der Waals surface area contributed by atoms with Crippen LogP contribution in [-0.4, -0.2) is 34.9 Å². The standard InChI is InChI=1S/C17H26N2OS/c1-3-13-4-6-14(7-5-13)12-19(15-8-9-15)17(20)16(18)10-11-21-2/h4-7,15-16H,3,8-12,18H2,1-2H3/t16-/m1/s1. The predicted octanol–water partition coefficient (Wildman–Crippen LogP) is 2.82. The van der Waals surface area contributed by atoms with Gasteiger partial charge in [0, 0.05) is 12.6 Å². The molecule has 0 spiro atoms. The summed E-state index contributed by atoms with van der Waals surface area (Å²) in [5.74, 6) is 1.06. The topological polar surface area (TPSA) is 46.3 Å². The van der Waals surface area contributed by atoms with Gasteiger partial charge in [-0.3, -0.25) is 4.79 Å². The minimum Gasteiger partial charge on any atom is -0.334 e. The Bertz CT molecular complexity index is 456. The van der Waals surface area contributed by atoms with E-state index in [1.54, 1.807) is 11.8 Å². The van der Waals surface area contributed by atoms with Crippen molar-refractivity contribution in [3.63, 3.8) is 0 Å². The van der Waals surface area contributed by atoms with E-state index in [2.05, 4.69) is 31.2 Å². The summed E-state index contributed by atoms with van der Waals surface area (Å²) in [6.07, 6.45) is 6.09. The molecule has 1 fully saturated rings. The van der Waals surface area contributed by atoms with Gasteiger partial charge in [0.25, 0.3) is 0 Å². The van der Waals surface area contributed by atoms with Gasteiger partial charge in [-0.05, 0) is 48.8 Å². The summed E-state index contributed by atoms with van der Waals surface area (Å²) >= 11 is 1.74. The summed E-state index contributed by atoms with van der Waals surface area (Å²) < 4.78 is 0. The third-order valence-corrected chi connectivity index (χ3v) is 4.65. The quantitative estimate of drug-likeness (QED) is 0.803. The second kappa shape index (κ2) is 7.85. The second-order valence-electron chi connectivity index (χ2n) is 5.76. The molecule has 1 aliphatic carbocycles. The normalized spacial score (nSPS) is 15.8. The molecule has 1 amide bonds. The number of rotatable bonds is 8. The van der Waals surface area contributed by atoms with Crippen molar-refractivity contribution >= 4 is 17.7 Å². The van der Waals surface area contributed by atoms with Gasteiger partial charge in [0.05, 0.1) is 6.04 Å². The summed E-state index contributed by atoms with van der Waals surface area (Å²) in [6, 6.07) is 8.62. The first kappa shape index (κ1) is 16.4. The fourth-order valence-corrected chi connectivity index (χ4v) is 2.92. The molecular formula is C17H26N2OS. The molecule has 2 rings (SSSR count). The van der Waals surface area contributed by atoms with Crippen molar-refractivity contribution in [1.82, 2.24) is 4.90 Å². The van der Waals surface area contributed by atoms with E-state index in [0.29, 0.717) is 12.6 Å². The van der Waals surface area contributed by atoms with E-state index >= 15 is 0 Å². The summed E-state index contributed by atoms with van der Waals surface area (Å²) in [5, 5.41) is 0. The minimum atomic E-state index is -0.354. The van der Waals surface area contributed by atoms with Crippen LogP contribution in [0.2, 0.25) is 0 Å². The molecule has 0 saturated heterocycles. The van der Waals surface area contributed by atoms with E-state index in [9.17, 15) is 4.79 Å². The van der Waals surface area contributed by atoms with Crippen molar-refractivity contribution in [2.75, 3.05) is 12.0 Å². The van der Waals surface area contributed by atoms with Gasteiger partial charge in [-0.15, -0.1) is 0 Å². The van der Waals surface area contributed by atoms with Crippen molar-refractivity contribution in [1.29, 1.82) is 0 Å². The maximum Gasteiger partial charge on any atom is 0.240 e. The number of thioether (sulfide) groups is 1. The number of aryl methyl sites for hydroxylation is 1. The molecule has 0 unspecified atom stereocenters. The molecular weight excluding hydrogens is 280 g/mol. The lowest BCUT2D eigenvalue weighted by atomic mass is 10.1. The van der Waals surface area contributed by atoms with Gasteiger partial charge < -0.3 is 10.6 Å². The number of benzene rings is 1. The Hall–Kier alpha value is -1.00. The number of amides is 1. The lowest BCUT2D eigenvalue weighted by Crippen LogP contribution is -2.44. The molecule has 1 atom stereocenters. The van der Waals surface area contributed by atoms with Gasteiger partial charge in [0.1, 0.15) is 0 Å². The largest absolute Gasteiger partial charge is 0.334 e. The first-order valence-electron chi connectivity index (χ1n) is 7.78. The SMILES string of the molecule is CCc1ccc(CN(C(=O)[C@H](N)CCSC)C2CC2)cc1. The summed E-state index contributed by atoms with van der Waals surface area (Å²) in [7, 11) is 0. The smallest absolute Gasteiger partial charge is 0.240 e. The van der Waals surface area contributed by atoms with Gasteiger partial charge >= 0.3 is 0 Å². The molecule has 0 bridgehead atoms. The van der Waals surface area contributed by atoms with Crippen molar-refractivity contribution < 1.29 is 4.79 Å². The van der Waals surface area contributed by atoms with Gasteiger partial charge in [-0.1, -0.05) is 31.2 Å². The summed E-state index contributed by atoms with van der Waals surface area (Å²) in [4.78, 5) is 14.5. The molecule has 21 heavy (non-hydrogen) atoms. The van der Waals surface area contributed by atoms with Crippen LogP contribution < -0.4 is 5.73 Å². The zero-order valence-electron chi connectivity index (χ0n) is 13.0. The molecule has 1 aliphatic rings. The Morgan fingerprint density at radius 1 is 1.33 bits per heavy atom. The Balaban J connectivity index is 1.99. The fraction of sp³-hybridized carbons (Fsp3) is 0.588. The molecule has 4 heteroatoms. The van der Waals surface area contributed by atoms with E-state index in [0.717, 1.165) is 31.4 Å². The Kier molecular flexibility index (Phi) is 6.12. The van der Waals surface area contributed by atoms with Crippen LogP contribution in [0.3, 0.4) is 0 Å². The van der Waals surface area contributed by atoms with E-state index in [1.807, 2.05) is 11.2 Å². The first-order chi connectivity index (χ1) is 10.2. The maximum absolute atomic E-state index is 12.5. The van der Waals surface area contributed by atoms with Crippen molar-refractivity contribution in [3.05, 3.63) is 35.4 Å². The third kappa shape index (κ3) is 4.75. The Labute approximate surface area is 132 Å². The zero-order valence-corrected chi connectivity index (χ0v) is 13.9. The number of hydrogen-bond donors (Lipinski definition) is 1. The van der Waals surface area contributed by atoms with Crippen LogP contribution in [-0.2, 0) is 17.8 Å². The van der Waals surface area contributed by atoms with Gasteiger partial charge in [-0.25, -0.2) is 0 Å². The van der Waals surface area contributed by atoms with Crippen LogP contribution in [0.15, 0.2) is 24.3 Å². The van der Waals surface area contributed by atoms with E-state index < -0.39 is 0 Å². The van der Waals surface area contributed by atoms with Crippen molar-refractivity contribution in [3.8, 4) is 0 Å². The third-order valence-electron chi connectivity index (χ3n) is 4.01. The molecule has 1 aromatic rings. The van der Waals surface area contributed by atoms with Crippen LogP contribution in [0.25, 0.3) is 0 Å². The molecule has 3 nitrogen and oxygen atoms in total. The molecule has 1 aromatic carbocycles. The average Bonchev–Trinajstić information content (AvgIpc) is 3.34. The highest BCUT2D eigenvalue weighted by molar-refractivity contribution is 7.98. The van der Waals surface area contributed by atoms with E-state index in [1.165, 1.54) is 11.1 Å². The monoisotopic (exact) mass is 306 g/mol. The molecule has 2 N–H and O–H groups in total. The summed E-state index contributed by atoms with van der Waals surface area (Å²) in [6.45, 7) is 2.85. The van der Waals surface area contributed by atoms with Gasteiger partial charge in [0.2, 0.25) is 5.91 Å². The molecule has 116 valence electrons. The highest BCUT2D eigenvalue weighted by Gasteiger charge is 2.34. The average molecular weight is 306 g/mol. The number of nitrogens with zero attached hydrogens (tertiary/aromatic N) is 1. The molecule has 0 radical (unpaired) electrons. The number of carbonyl (C=O) groups excluding carboxylic acids is 1. The van der Waals surface area contributed by atoms with E-state index in [-0.39, 0.29) is 11.9 Å². The van der Waals surface area contributed by atoms with Crippen LogP contribution in [0.5, 0.6) is 0 Å². The van der Waals surface area contributed by atoms with Crippen molar-refractivity contribution in [2.24, 2.45) is 5.73 Å². The van der Waals surface area contributed by atoms with E-state index in [4.69, 9.17) is 5.73 Å². The second-order valence-corrected chi connectivity index (χ2v) is 6.74. The zero-order chi connectivity index (χ0) is 15.2. The minimum absolute atomic E-state index is 0.117. The first-order valence-corrected chi connectivity index (χ1v) is 9.18. The fourth-order valence-electron chi connectivity index (χ4n) is 2.43. The summed E-state index contributed by atoms with van der Waals surface area (Å²) in [5.41, 5.74) is 8.60. The van der Waals surface area contributed by atoms with Gasteiger partial charge in [-0.2, -0.15) is 11.8 Å². The molecule has 0 aliphatic heterocycles. The van der Waals surface area contributed by atoms with Crippen LogP contribution in [0.1, 0.15) is 37.3 Å². The van der Waals surface area contributed by atoms with Crippen LogP contribution in [0.4, 0.5) is 0 Å². The molecule has 1 saturated carbocycles. The molecule has 0 heterocycles. The Morgan fingerprint density at radius 3 is 2.48 bits per heavy atom. The lowest BCUT2D eigenvalue weighted by molar-refractivity contribution is -0.133. The van der Waals surface area contributed by atoms with Gasteiger partial charge in [0.15, 0.2) is 0 Å².